The number of Topliss-reactive ketones (excluding diaryl/α,β-unsaturated/α-hetero) is 1. The van der Waals surface area contributed by atoms with Gasteiger partial charge in [-0.3, -0.25) is 9.78 Å². The lowest BCUT2D eigenvalue weighted by atomic mass is 10.1. The van der Waals surface area contributed by atoms with E-state index in [1.54, 1.807) is 12.3 Å². The standard InChI is InChI=1S/C11H10ClNO2/c12-9-7-13-5-4-8(9)11(14)10-3-1-2-6-15-10/h3-5,7H,1-2,6H2. The van der Waals surface area contributed by atoms with E-state index < -0.39 is 0 Å². The lowest BCUT2D eigenvalue weighted by Gasteiger charge is -2.13. The summed E-state index contributed by atoms with van der Waals surface area (Å²) in [6, 6.07) is 1.60. The van der Waals surface area contributed by atoms with Crippen molar-refractivity contribution in [3.63, 3.8) is 0 Å². The molecule has 1 aliphatic heterocycles. The van der Waals surface area contributed by atoms with Crippen molar-refractivity contribution >= 4 is 17.4 Å². The summed E-state index contributed by atoms with van der Waals surface area (Å²) in [6.07, 6.45) is 6.65. The first kappa shape index (κ1) is 10.2. The fraction of sp³-hybridized carbons (Fsp3) is 0.273. The molecule has 15 heavy (non-hydrogen) atoms. The van der Waals surface area contributed by atoms with Gasteiger partial charge in [-0.15, -0.1) is 0 Å². The van der Waals surface area contributed by atoms with E-state index in [1.165, 1.54) is 6.20 Å². The van der Waals surface area contributed by atoms with Gasteiger partial charge in [-0.25, -0.2) is 0 Å². The first-order valence-corrected chi connectivity index (χ1v) is 5.14. The number of pyridine rings is 1. The second-order valence-corrected chi connectivity index (χ2v) is 3.65. The maximum atomic E-state index is 11.9. The van der Waals surface area contributed by atoms with Crippen LogP contribution in [0.2, 0.25) is 5.02 Å². The van der Waals surface area contributed by atoms with Crippen LogP contribution < -0.4 is 0 Å². The molecule has 0 fully saturated rings. The molecule has 3 nitrogen and oxygen atoms in total. The van der Waals surface area contributed by atoms with Crippen LogP contribution in [0.5, 0.6) is 0 Å². The summed E-state index contributed by atoms with van der Waals surface area (Å²) in [5.74, 6) is 0.233. The fourth-order valence-electron chi connectivity index (χ4n) is 1.41. The van der Waals surface area contributed by atoms with E-state index in [-0.39, 0.29) is 5.78 Å². The largest absolute Gasteiger partial charge is 0.490 e. The van der Waals surface area contributed by atoms with Crippen molar-refractivity contribution in [1.29, 1.82) is 0 Å². The minimum atomic E-state index is -0.165. The Morgan fingerprint density at radius 2 is 2.40 bits per heavy atom. The summed E-state index contributed by atoms with van der Waals surface area (Å²) < 4.78 is 5.28. The minimum Gasteiger partial charge on any atom is -0.490 e. The van der Waals surface area contributed by atoms with E-state index in [0.29, 0.717) is 23.0 Å². The monoisotopic (exact) mass is 223 g/mol. The van der Waals surface area contributed by atoms with Gasteiger partial charge >= 0.3 is 0 Å². The van der Waals surface area contributed by atoms with Gasteiger partial charge in [-0.2, -0.15) is 0 Å². The molecule has 0 aromatic carbocycles. The number of carbonyl (C=O) groups excluding carboxylic acids is 1. The molecule has 1 aromatic heterocycles. The van der Waals surface area contributed by atoms with Crippen LogP contribution in [-0.2, 0) is 4.74 Å². The van der Waals surface area contributed by atoms with E-state index in [2.05, 4.69) is 4.98 Å². The van der Waals surface area contributed by atoms with Gasteiger partial charge in [0.2, 0.25) is 5.78 Å². The Balaban J connectivity index is 2.28. The van der Waals surface area contributed by atoms with Gasteiger partial charge in [-0.05, 0) is 25.0 Å². The molecule has 2 rings (SSSR count). The van der Waals surface area contributed by atoms with Crippen LogP contribution in [-0.4, -0.2) is 17.4 Å². The molecule has 78 valence electrons. The predicted molar refractivity (Wildman–Crippen MR) is 56.8 cm³/mol. The Hall–Kier alpha value is -1.35. The Morgan fingerprint density at radius 3 is 3.07 bits per heavy atom. The first-order valence-electron chi connectivity index (χ1n) is 4.76. The van der Waals surface area contributed by atoms with Gasteiger partial charge in [0.1, 0.15) is 0 Å². The van der Waals surface area contributed by atoms with Gasteiger partial charge in [0, 0.05) is 18.0 Å². The molecule has 0 unspecified atom stereocenters. The third-order valence-electron chi connectivity index (χ3n) is 2.18. The smallest absolute Gasteiger partial charge is 0.228 e. The molecule has 0 radical (unpaired) electrons. The second kappa shape index (κ2) is 4.45. The van der Waals surface area contributed by atoms with Crippen molar-refractivity contribution in [2.75, 3.05) is 6.61 Å². The van der Waals surface area contributed by atoms with Gasteiger partial charge in [0.25, 0.3) is 0 Å². The maximum Gasteiger partial charge on any atom is 0.228 e. The van der Waals surface area contributed by atoms with Crippen LogP contribution >= 0.6 is 11.6 Å². The van der Waals surface area contributed by atoms with E-state index in [9.17, 15) is 4.79 Å². The summed E-state index contributed by atoms with van der Waals surface area (Å²) in [7, 11) is 0. The zero-order chi connectivity index (χ0) is 10.7. The molecule has 0 saturated heterocycles. The van der Waals surface area contributed by atoms with E-state index >= 15 is 0 Å². The highest BCUT2D eigenvalue weighted by atomic mass is 35.5. The Morgan fingerprint density at radius 1 is 1.53 bits per heavy atom. The molecule has 0 N–H and O–H groups in total. The summed E-state index contributed by atoms with van der Waals surface area (Å²) in [5, 5.41) is 0.359. The number of nitrogens with zero attached hydrogens (tertiary/aromatic N) is 1. The molecular weight excluding hydrogens is 214 g/mol. The number of ketones is 1. The zero-order valence-corrected chi connectivity index (χ0v) is 8.83. The maximum absolute atomic E-state index is 11.9. The van der Waals surface area contributed by atoms with Crippen LogP contribution in [0.4, 0.5) is 0 Å². The van der Waals surface area contributed by atoms with Gasteiger partial charge in [-0.1, -0.05) is 11.6 Å². The van der Waals surface area contributed by atoms with Crippen LogP contribution in [0.3, 0.4) is 0 Å². The number of hydrogen-bond donors (Lipinski definition) is 0. The van der Waals surface area contributed by atoms with Crippen molar-refractivity contribution in [3.05, 3.63) is 40.9 Å². The molecular formula is C11H10ClNO2. The summed E-state index contributed by atoms with van der Waals surface area (Å²) in [5.41, 5.74) is 0.444. The first-order chi connectivity index (χ1) is 7.29. The van der Waals surface area contributed by atoms with Crippen molar-refractivity contribution in [2.24, 2.45) is 0 Å². The van der Waals surface area contributed by atoms with Crippen molar-refractivity contribution in [3.8, 4) is 0 Å². The normalized spacial score (nSPS) is 15.4. The van der Waals surface area contributed by atoms with Gasteiger partial charge in [0.05, 0.1) is 11.6 Å². The predicted octanol–water partition coefficient (Wildman–Crippen LogP) is 2.61. The molecule has 0 amide bonds. The Kier molecular flexibility index (Phi) is 3.02. The molecule has 0 saturated carbocycles. The van der Waals surface area contributed by atoms with Gasteiger partial charge in [0.15, 0.2) is 5.76 Å². The number of carbonyl (C=O) groups is 1. The quantitative estimate of drug-likeness (QED) is 0.724. The lowest BCUT2D eigenvalue weighted by Crippen LogP contribution is -2.11. The third-order valence-corrected chi connectivity index (χ3v) is 2.48. The molecule has 0 aliphatic carbocycles. The molecule has 1 aromatic rings. The van der Waals surface area contributed by atoms with Crippen LogP contribution in [0.25, 0.3) is 0 Å². The highest BCUT2D eigenvalue weighted by molar-refractivity contribution is 6.34. The molecule has 2 heterocycles. The van der Waals surface area contributed by atoms with Crippen LogP contribution in [0, 0.1) is 0 Å². The molecule has 0 atom stereocenters. The number of hydrogen-bond acceptors (Lipinski definition) is 3. The average molecular weight is 224 g/mol. The average Bonchev–Trinajstić information content (AvgIpc) is 2.30. The Bertz CT molecular complexity index is 415. The lowest BCUT2D eigenvalue weighted by molar-refractivity contribution is 0.0899. The van der Waals surface area contributed by atoms with Gasteiger partial charge < -0.3 is 4.74 Å². The highest BCUT2D eigenvalue weighted by Gasteiger charge is 2.18. The molecule has 0 bridgehead atoms. The van der Waals surface area contributed by atoms with E-state index in [0.717, 1.165) is 12.8 Å². The van der Waals surface area contributed by atoms with Crippen LogP contribution in [0.1, 0.15) is 23.2 Å². The van der Waals surface area contributed by atoms with E-state index in [4.69, 9.17) is 16.3 Å². The fourth-order valence-corrected chi connectivity index (χ4v) is 1.61. The number of ether oxygens (including phenoxy) is 1. The molecule has 0 spiro atoms. The SMILES string of the molecule is O=C(C1=CCCCO1)c1ccncc1Cl. The molecule has 4 heteroatoms. The number of halogens is 1. The van der Waals surface area contributed by atoms with Crippen molar-refractivity contribution in [2.45, 2.75) is 12.8 Å². The topological polar surface area (TPSA) is 39.2 Å². The molecule has 1 aliphatic rings. The van der Waals surface area contributed by atoms with E-state index in [1.807, 2.05) is 6.08 Å². The summed E-state index contributed by atoms with van der Waals surface area (Å²) >= 11 is 5.87. The summed E-state index contributed by atoms with van der Waals surface area (Å²) in [6.45, 7) is 0.597. The Labute approximate surface area is 92.7 Å². The summed E-state index contributed by atoms with van der Waals surface area (Å²) in [4.78, 5) is 15.7. The minimum absolute atomic E-state index is 0.165. The van der Waals surface area contributed by atoms with Crippen LogP contribution in [0.15, 0.2) is 30.3 Å². The number of aromatic nitrogens is 1. The third kappa shape index (κ3) is 2.18. The van der Waals surface area contributed by atoms with Crippen molar-refractivity contribution in [1.82, 2.24) is 4.98 Å². The number of rotatable bonds is 2. The number of allylic oxidation sites excluding steroid dienone is 2. The van der Waals surface area contributed by atoms with Crippen molar-refractivity contribution < 1.29 is 9.53 Å². The highest BCUT2D eigenvalue weighted by Crippen LogP contribution is 2.20. The zero-order valence-electron chi connectivity index (χ0n) is 8.07. The second-order valence-electron chi connectivity index (χ2n) is 3.24.